The minimum Gasteiger partial charge on any atom is -0.465 e. The van der Waals surface area contributed by atoms with Crippen molar-refractivity contribution in [3.8, 4) is 0 Å². The van der Waals surface area contributed by atoms with Crippen molar-refractivity contribution in [1.29, 1.82) is 0 Å². The van der Waals surface area contributed by atoms with Crippen molar-refractivity contribution >= 4 is 11.9 Å². The molecule has 0 aromatic heterocycles. The quantitative estimate of drug-likeness (QED) is 0.543. The van der Waals surface area contributed by atoms with Crippen LogP contribution in [0.5, 0.6) is 0 Å². The van der Waals surface area contributed by atoms with Crippen LogP contribution in [-0.4, -0.2) is 43.6 Å². The number of hydrogen-bond acceptors (Lipinski definition) is 4. The number of carbonyl (C=O) groups is 2. The van der Waals surface area contributed by atoms with Gasteiger partial charge >= 0.3 is 5.97 Å². The molecule has 0 N–H and O–H groups in total. The molecule has 0 saturated carbocycles. The fourth-order valence-electron chi connectivity index (χ4n) is 1.88. The molecule has 0 atom stereocenters. The maximum absolute atomic E-state index is 12.5. The summed E-state index contributed by atoms with van der Waals surface area (Å²) in [5.74, 6) is -0.665. The van der Waals surface area contributed by atoms with Crippen LogP contribution in [0.3, 0.4) is 0 Å². The summed E-state index contributed by atoms with van der Waals surface area (Å²) in [5.41, 5.74) is 1.41. The molecule has 0 aliphatic rings. The molecular formula is C16H21NO4. The smallest absolute Gasteiger partial charge is 0.325 e. The molecule has 0 heterocycles. The number of nitrogens with zero attached hydrogens (tertiary/aromatic N) is 1. The first-order valence-corrected chi connectivity index (χ1v) is 6.76. The Bertz CT molecular complexity index is 499. The maximum atomic E-state index is 12.5. The molecule has 0 fully saturated rings. The highest BCUT2D eigenvalue weighted by molar-refractivity contribution is 5.96. The Morgan fingerprint density at radius 1 is 1.38 bits per heavy atom. The van der Waals surface area contributed by atoms with Gasteiger partial charge in [0, 0.05) is 19.2 Å². The fourth-order valence-corrected chi connectivity index (χ4v) is 1.88. The molecule has 1 aromatic carbocycles. The SMILES string of the molecule is C=CCN(CC(=O)OCC)C(=O)c1cccc(COC)c1. The van der Waals surface area contributed by atoms with Crippen LogP contribution in [0.1, 0.15) is 22.8 Å². The third-order valence-electron chi connectivity index (χ3n) is 2.75. The first kappa shape index (κ1) is 16.9. The molecule has 0 aliphatic carbocycles. The van der Waals surface area contributed by atoms with Gasteiger partial charge in [-0.3, -0.25) is 9.59 Å². The standard InChI is InChI=1S/C16H21NO4/c1-4-9-17(11-15(18)21-5-2)16(19)14-8-6-7-13(10-14)12-20-3/h4,6-8,10H,1,5,9,11-12H2,2-3H3. The van der Waals surface area contributed by atoms with Gasteiger partial charge in [0.05, 0.1) is 13.2 Å². The molecule has 0 radical (unpaired) electrons. The summed E-state index contributed by atoms with van der Waals surface area (Å²) >= 11 is 0. The lowest BCUT2D eigenvalue weighted by molar-refractivity contribution is -0.143. The van der Waals surface area contributed by atoms with Gasteiger partial charge in [0.25, 0.3) is 5.91 Å². The van der Waals surface area contributed by atoms with Gasteiger partial charge in [-0.2, -0.15) is 0 Å². The number of rotatable bonds is 8. The van der Waals surface area contributed by atoms with E-state index in [0.29, 0.717) is 12.2 Å². The Morgan fingerprint density at radius 2 is 2.14 bits per heavy atom. The van der Waals surface area contributed by atoms with E-state index in [1.54, 1.807) is 38.3 Å². The molecule has 21 heavy (non-hydrogen) atoms. The van der Waals surface area contributed by atoms with Gasteiger partial charge in [0.15, 0.2) is 0 Å². The van der Waals surface area contributed by atoms with Crippen LogP contribution >= 0.6 is 0 Å². The first-order valence-electron chi connectivity index (χ1n) is 6.76. The Labute approximate surface area is 125 Å². The van der Waals surface area contributed by atoms with Gasteiger partial charge in [-0.05, 0) is 24.6 Å². The largest absolute Gasteiger partial charge is 0.465 e. The Hall–Kier alpha value is -2.14. The molecule has 114 valence electrons. The molecule has 1 rings (SSSR count). The zero-order chi connectivity index (χ0) is 15.7. The van der Waals surface area contributed by atoms with Crippen molar-refractivity contribution in [2.45, 2.75) is 13.5 Å². The van der Waals surface area contributed by atoms with E-state index < -0.39 is 5.97 Å². The summed E-state index contributed by atoms with van der Waals surface area (Å²) in [6, 6.07) is 7.14. The number of carbonyl (C=O) groups excluding carboxylic acids is 2. The molecule has 0 unspecified atom stereocenters. The summed E-state index contributed by atoms with van der Waals surface area (Å²) in [5, 5.41) is 0. The van der Waals surface area contributed by atoms with E-state index in [0.717, 1.165) is 5.56 Å². The zero-order valence-corrected chi connectivity index (χ0v) is 12.5. The van der Waals surface area contributed by atoms with E-state index in [2.05, 4.69) is 6.58 Å². The lowest BCUT2D eigenvalue weighted by atomic mass is 10.1. The molecule has 1 amide bonds. The van der Waals surface area contributed by atoms with E-state index in [1.165, 1.54) is 4.90 Å². The summed E-state index contributed by atoms with van der Waals surface area (Å²) in [7, 11) is 1.60. The number of hydrogen-bond donors (Lipinski definition) is 0. The number of benzene rings is 1. The molecule has 0 saturated heterocycles. The van der Waals surface area contributed by atoms with Crippen molar-refractivity contribution < 1.29 is 19.1 Å². The summed E-state index contributed by atoms with van der Waals surface area (Å²) in [6.45, 7) is 6.25. The molecule has 0 bridgehead atoms. The third-order valence-corrected chi connectivity index (χ3v) is 2.75. The maximum Gasteiger partial charge on any atom is 0.325 e. The Kier molecular flexibility index (Phi) is 7.18. The van der Waals surface area contributed by atoms with E-state index in [1.807, 2.05) is 6.07 Å². The second-order valence-electron chi connectivity index (χ2n) is 4.41. The van der Waals surface area contributed by atoms with E-state index in [4.69, 9.17) is 9.47 Å². The second kappa shape index (κ2) is 8.92. The van der Waals surface area contributed by atoms with Gasteiger partial charge in [-0.25, -0.2) is 0 Å². The number of ether oxygens (including phenoxy) is 2. The summed E-state index contributed by atoms with van der Waals surface area (Å²) in [6.07, 6.45) is 1.58. The summed E-state index contributed by atoms with van der Waals surface area (Å²) in [4.78, 5) is 25.4. The average molecular weight is 291 g/mol. The van der Waals surface area contributed by atoms with Gasteiger partial charge in [0.1, 0.15) is 6.54 Å². The highest BCUT2D eigenvalue weighted by atomic mass is 16.5. The number of methoxy groups -OCH3 is 1. The van der Waals surface area contributed by atoms with Gasteiger partial charge in [-0.1, -0.05) is 18.2 Å². The van der Waals surface area contributed by atoms with Crippen molar-refractivity contribution in [2.24, 2.45) is 0 Å². The number of esters is 1. The average Bonchev–Trinajstić information content (AvgIpc) is 2.47. The third kappa shape index (κ3) is 5.39. The van der Waals surface area contributed by atoms with Crippen LogP contribution in [0.4, 0.5) is 0 Å². The van der Waals surface area contributed by atoms with Gasteiger partial charge in [0.2, 0.25) is 0 Å². The minimum absolute atomic E-state index is 0.0901. The van der Waals surface area contributed by atoms with Crippen LogP contribution in [-0.2, 0) is 20.9 Å². The molecule has 5 nitrogen and oxygen atoms in total. The number of amides is 1. The lowest BCUT2D eigenvalue weighted by Gasteiger charge is -2.20. The van der Waals surface area contributed by atoms with Crippen molar-refractivity contribution in [3.05, 3.63) is 48.0 Å². The first-order chi connectivity index (χ1) is 10.1. The van der Waals surface area contributed by atoms with Crippen LogP contribution < -0.4 is 0 Å². The molecular weight excluding hydrogens is 270 g/mol. The van der Waals surface area contributed by atoms with Crippen LogP contribution in [0, 0.1) is 0 Å². The Morgan fingerprint density at radius 3 is 2.76 bits per heavy atom. The van der Waals surface area contributed by atoms with E-state index >= 15 is 0 Å². The van der Waals surface area contributed by atoms with Crippen LogP contribution in [0.2, 0.25) is 0 Å². The fraction of sp³-hybridized carbons (Fsp3) is 0.375. The van der Waals surface area contributed by atoms with Crippen LogP contribution in [0.15, 0.2) is 36.9 Å². The van der Waals surface area contributed by atoms with Gasteiger partial charge < -0.3 is 14.4 Å². The predicted molar refractivity (Wildman–Crippen MR) is 79.9 cm³/mol. The highest BCUT2D eigenvalue weighted by Gasteiger charge is 2.18. The highest BCUT2D eigenvalue weighted by Crippen LogP contribution is 2.10. The zero-order valence-electron chi connectivity index (χ0n) is 12.5. The van der Waals surface area contributed by atoms with E-state index in [9.17, 15) is 9.59 Å². The minimum atomic E-state index is -0.430. The van der Waals surface area contributed by atoms with Crippen molar-refractivity contribution in [1.82, 2.24) is 4.90 Å². The molecule has 0 aliphatic heterocycles. The summed E-state index contributed by atoms with van der Waals surface area (Å²) < 4.78 is 9.93. The van der Waals surface area contributed by atoms with Crippen LogP contribution in [0.25, 0.3) is 0 Å². The van der Waals surface area contributed by atoms with Gasteiger partial charge in [-0.15, -0.1) is 6.58 Å². The predicted octanol–water partition coefficient (Wildman–Crippen LogP) is 2.02. The lowest BCUT2D eigenvalue weighted by Crippen LogP contribution is -2.36. The normalized spacial score (nSPS) is 10.0. The van der Waals surface area contributed by atoms with Crippen molar-refractivity contribution in [3.63, 3.8) is 0 Å². The topological polar surface area (TPSA) is 55.8 Å². The van der Waals surface area contributed by atoms with E-state index in [-0.39, 0.29) is 25.6 Å². The molecule has 1 aromatic rings. The Balaban J connectivity index is 2.86. The molecule has 5 heteroatoms. The monoisotopic (exact) mass is 291 g/mol. The molecule has 0 spiro atoms. The second-order valence-corrected chi connectivity index (χ2v) is 4.41. The van der Waals surface area contributed by atoms with Crippen molar-refractivity contribution in [2.75, 3.05) is 26.8 Å².